The van der Waals surface area contributed by atoms with Crippen LogP contribution < -0.4 is 5.32 Å². The minimum absolute atomic E-state index is 0.114. The average Bonchev–Trinajstić information content (AvgIpc) is 2.98. The van der Waals surface area contributed by atoms with E-state index in [0.717, 1.165) is 22.6 Å². The van der Waals surface area contributed by atoms with E-state index in [-0.39, 0.29) is 18.4 Å². The lowest BCUT2D eigenvalue weighted by atomic mass is 10.1. The van der Waals surface area contributed by atoms with Gasteiger partial charge in [-0.05, 0) is 31.5 Å². The fourth-order valence-corrected chi connectivity index (χ4v) is 3.24. The second-order valence-corrected chi connectivity index (χ2v) is 6.49. The van der Waals surface area contributed by atoms with Crippen LogP contribution in [0.3, 0.4) is 0 Å². The number of ether oxygens (including phenoxy) is 1. The lowest BCUT2D eigenvalue weighted by molar-refractivity contribution is -0.147. The molecule has 7 nitrogen and oxygen atoms in total. The van der Waals surface area contributed by atoms with Crippen LogP contribution in [0.4, 0.5) is 0 Å². The summed E-state index contributed by atoms with van der Waals surface area (Å²) in [5, 5.41) is 7.46. The van der Waals surface area contributed by atoms with Crippen molar-refractivity contribution in [2.75, 3.05) is 19.8 Å². The molecule has 0 aliphatic carbocycles. The fourth-order valence-electron chi connectivity index (χ4n) is 3.24. The average molecular weight is 356 g/mol. The molecule has 1 unspecified atom stereocenters. The van der Waals surface area contributed by atoms with Crippen LogP contribution in [0, 0.1) is 13.8 Å². The summed E-state index contributed by atoms with van der Waals surface area (Å²) in [5.74, 6) is -0.320. The molecule has 0 radical (unpaired) electrons. The van der Waals surface area contributed by atoms with Crippen molar-refractivity contribution >= 4 is 11.8 Å². The molecule has 1 atom stereocenters. The highest BCUT2D eigenvalue weighted by Crippen LogP contribution is 2.17. The highest BCUT2D eigenvalue weighted by atomic mass is 16.5. The Balaban J connectivity index is 1.75. The second-order valence-electron chi connectivity index (χ2n) is 6.49. The van der Waals surface area contributed by atoms with Crippen LogP contribution in [-0.4, -0.2) is 52.3 Å². The predicted octanol–water partition coefficient (Wildman–Crippen LogP) is 1.35. The standard InChI is InChI=1S/C19H24N4O3/c1-13-10-14(2)23(21-13)17-7-5-4-6-16(17)11-20-19(25)18-12-26-9-8-22(18)15(3)24/h4-7,10,18H,8-9,11-12H2,1-3H3,(H,20,25). The van der Waals surface area contributed by atoms with E-state index in [1.807, 2.05) is 48.9 Å². The number of morpholine rings is 1. The van der Waals surface area contributed by atoms with Crippen molar-refractivity contribution in [3.63, 3.8) is 0 Å². The fraction of sp³-hybridized carbons (Fsp3) is 0.421. The number of hydrogen-bond donors (Lipinski definition) is 1. The quantitative estimate of drug-likeness (QED) is 0.897. The zero-order valence-corrected chi connectivity index (χ0v) is 15.4. The van der Waals surface area contributed by atoms with Crippen LogP contribution in [0.5, 0.6) is 0 Å². The van der Waals surface area contributed by atoms with E-state index in [1.165, 1.54) is 6.92 Å². The molecule has 1 saturated heterocycles. The maximum Gasteiger partial charge on any atom is 0.245 e. The number of benzene rings is 1. The molecule has 2 aromatic rings. The first-order valence-corrected chi connectivity index (χ1v) is 8.71. The summed E-state index contributed by atoms with van der Waals surface area (Å²) in [7, 11) is 0. The number of aryl methyl sites for hydroxylation is 2. The van der Waals surface area contributed by atoms with Crippen LogP contribution in [0.2, 0.25) is 0 Å². The van der Waals surface area contributed by atoms with E-state index in [4.69, 9.17) is 4.74 Å². The molecule has 0 saturated carbocycles. The lowest BCUT2D eigenvalue weighted by Crippen LogP contribution is -2.55. The molecule has 3 rings (SSSR count). The van der Waals surface area contributed by atoms with Crippen molar-refractivity contribution in [1.82, 2.24) is 20.0 Å². The Labute approximate surface area is 152 Å². The Morgan fingerprint density at radius 1 is 1.31 bits per heavy atom. The molecular formula is C19H24N4O3. The zero-order valence-electron chi connectivity index (χ0n) is 15.4. The molecule has 0 bridgehead atoms. The van der Waals surface area contributed by atoms with Crippen molar-refractivity contribution < 1.29 is 14.3 Å². The number of aromatic nitrogens is 2. The number of nitrogens with one attached hydrogen (secondary N) is 1. The van der Waals surface area contributed by atoms with E-state index in [2.05, 4.69) is 10.4 Å². The topological polar surface area (TPSA) is 76.5 Å². The molecule has 26 heavy (non-hydrogen) atoms. The monoisotopic (exact) mass is 356 g/mol. The smallest absolute Gasteiger partial charge is 0.245 e. The number of nitrogens with zero attached hydrogens (tertiary/aromatic N) is 3. The van der Waals surface area contributed by atoms with Crippen molar-refractivity contribution in [2.24, 2.45) is 0 Å². The van der Waals surface area contributed by atoms with Gasteiger partial charge in [0.25, 0.3) is 0 Å². The van der Waals surface area contributed by atoms with E-state index >= 15 is 0 Å². The third kappa shape index (κ3) is 3.77. The molecule has 1 aromatic carbocycles. The maximum absolute atomic E-state index is 12.6. The van der Waals surface area contributed by atoms with Gasteiger partial charge < -0.3 is 15.0 Å². The summed E-state index contributed by atoms with van der Waals surface area (Å²) in [6.45, 7) is 6.91. The van der Waals surface area contributed by atoms with Gasteiger partial charge in [-0.3, -0.25) is 9.59 Å². The van der Waals surface area contributed by atoms with Gasteiger partial charge in [0.2, 0.25) is 11.8 Å². The lowest BCUT2D eigenvalue weighted by Gasteiger charge is -2.33. The Hall–Kier alpha value is -2.67. The Morgan fingerprint density at radius 3 is 2.77 bits per heavy atom. The second kappa shape index (κ2) is 7.70. The van der Waals surface area contributed by atoms with Crippen LogP contribution in [0.1, 0.15) is 23.9 Å². The highest BCUT2D eigenvalue weighted by Gasteiger charge is 2.31. The molecule has 2 heterocycles. The third-order valence-corrected chi connectivity index (χ3v) is 4.52. The number of hydrogen-bond acceptors (Lipinski definition) is 4. The molecule has 7 heteroatoms. The number of carbonyl (C=O) groups excluding carboxylic acids is 2. The summed E-state index contributed by atoms with van der Waals surface area (Å²) in [4.78, 5) is 25.9. The van der Waals surface area contributed by atoms with Crippen LogP contribution in [0.25, 0.3) is 5.69 Å². The largest absolute Gasteiger partial charge is 0.377 e. The molecule has 2 amide bonds. The molecule has 1 aliphatic rings. The van der Waals surface area contributed by atoms with Gasteiger partial charge in [-0.25, -0.2) is 4.68 Å². The molecule has 1 fully saturated rings. The van der Waals surface area contributed by atoms with Crippen molar-refractivity contribution in [1.29, 1.82) is 0 Å². The number of amides is 2. The number of carbonyl (C=O) groups is 2. The normalized spacial score (nSPS) is 17.2. The highest BCUT2D eigenvalue weighted by molar-refractivity contribution is 5.87. The van der Waals surface area contributed by atoms with Crippen molar-refractivity contribution in [3.8, 4) is 5.69 Å². The van der Waals surface area contributed by atoms with E-state index in [9.17, 15) is 9.59 Å². The number of rotatable bonds is 4. The number of para-hydroxylation sites is 1. The first kappa shape index (κ1) is 18.1. The Kier molecular flexibility index (Phi) is 5.37. The minimum atomic E-state index is -0.581. The molecule has 1 aliphatic heterocycles. The Bertz CT molecular complexity index is 815. The third-order valence-electron chi connectivity index (χ3n) is 4.52. The maximum atomic E-state index is 12.6. The summed E-state index contributed by atoms with van der Waals surface area (Å²) in [6, 6.07) is 9.26. The predicted molar refractivity (Wildman–Crippen MR) is 96.9 cm³/mol. The summed E-state index contributed by atoms with van der Waals surface area (Å²) in [6.07, 6.45) is 0. The molecular weight excluding hydrogens is 332 g/mol. The molecule has 138 valence electrons. The molecule has 1 N–H and O–H groups in total. The summed E-state index contributed by atoms with van der Waals surface area (Å²) in [5.41, 5.74) is 3.86. The van der Waals surface area contributed by atoms with Gasteiger partial charge in [0, 0.05) is 25.7 Å². The van der Waals surface area contributed by atoms with Gasteiger partial charge in [0.1, 0.15) is 6.04 Å². The van der Waals surface area contributed by atoms with E-state index in [1.54, 1.807) is 4.90 Å². The zero-order chi connectivity index (χ0) is 18.7. The van der Waals surface area contributed by atoms with E-state index in [0.29, 0.717) is 19.7 Å². The van der Waals surface area contributed by atoms with Gasteiger partial charge >= 0.3 is 0 Å². The van der Waals surface area contributed by atoms with Gasteiger partial charge in [-0.1, -0.05) is 18.2 Å². The van der Waals surface area contributed by atoms with Crippen LogP contribution in [0.15, 0.2) is 30.3 Å². The molecule has 1 aromatic heterocycles. The first-order valence-electron chi connectivity index (χ1n) is 8.71. The van der Waals surface area contributed by atoms with Crippen molar-refractivity contribution in [3.05, 3.63) is 47.3 Å². The Morgan fingerprint density at radius 2 is 2.08 bits per heavy atom. The summed E-state index contributed by atoms with van der Waals surface area (Å²) >= 11 is 0. The van der Waals surface area contributed by atoms with Gasteiger partial charge in [-0.2, -0.15) is 5.10 Å². The molecule has 0 spiro atoms. The van der Waals surface area contributed by atoms with Crippen LogP contribution in [-0.2, 0) is 20.9 Å². The van der Waals surface area contributed by atoms with Crippen LogP contribution >= 0.6 is 0 Å². The van der Waals surface area contributed by atoms with E-state index < -0.39 is 6.04 Å². The van der Waals surface area contributed by atoms with Gasteiger partial charge in [-0.15, -0.1) is 0 Å². The van der Waals surface area contributed by atoms with Crippen molar-refractivity contribution in [2.45, 2.75) is 33.4 Å². The first-order chi connectivity index (χ1) is 12.5. The minimum Gasteiger partial charge on any atom is -0.377 e. The summed E-state index contributed by atoms with van der Waals surface area (Å²) < 4.78 is 7.26. The SMILES string of the molecule is CC(=O)N1CCOCC1C(=O)NCc1ccccc1-n1nc(C)cc1C. The van der Waals surface area contributed by atoms with Gasteiger partial charge in [0.05, 0.1) is 24.6 Å². The van der Waals surface area contributed by atoms with Gasteiger partial charge in [0.15, 0.2) is 0 Å².